The molecule has 1 saturated heterocycles. The van der Waals surface area contributed by atoms with Gasteiger partial charge < -0.3 is 25.6 Å². The molecule has 1 aromatic heterocycles. The number of aromatic nitrogens is 3. The van der Waals surface area contributed by atoms with Crippen molar-refractivity contribution >= 4 is 11.9 Å². The van der Waals surface area contributed by atoms with Crippen LogP contribution in [0.5, 0.6) is 0 Å². The number of nitrogens with zero attached hydrogens (tertiary/aromatic N) is 3. The standard InChI is InChI=1S/C39H65N5O4/c1-23(2)25(5)35(7)16-17-36(8)26-12-13-29-34(6)18-28(44-22-42-33(40)43-44)31(48-20-38(10,41-11)24(3)4)39(29,21-47-19-34)27(26)14-15-37(36,9)30(35)32(45)46/h14,22-26,28-31,41H,12-13,15-21H2,1-11H3,(H2,40,43)(H,45,46)/t25-,26+,28-,29-,30-,31+,34-,35-,36-,37+,38-,39+/m1/s1. The van der Waals surface area contributed by atoms with Crippen LogP contribution in [0.15, 0.2) is 18.0 Å². The molecule has 0 spiro atoms. The lowest BCUT2D eigenvalue weighted by Gasteiger charge is -2.71. The van der Waals surface area contributed by atoms with Gasteiger partial charge in [-0.2, -0.15) is 0 Å². The van der Waals surface area contributed by atoms with Crippen LogP contribution in [0.3, 0.4) is 0 Å². The molecule has 2 heterocycles. The summed E-state index contributed by atoms with van der Waals surface area (Å²) in [5, 5.41) is 19.4. The highest BCUT2D eigenvalue weighted by Gasteiger charge is 2.72. The average molecular weight is 668 g/mol. The van der Waals surface area contributed by atoms with Crippen molar-refractivity contribution in [3.05, 3.63) is 18.0 Å². The van der Waals surface area contributed by atoms with E-state index in [4.69, 9.17) is 20.3 Å². The molecule has 6 rings (SSSR count). The number of carboxylic acid groups (broad SMARTS) is 1. The Balaban J connectivity index is 1.51. The number of fused-ring (bicyclic) bond motifs is 3. The first-order valence-corrected chi connectivity index (χ1v) is 18.8. The third-order valence-corrected chi connectivity index (χ3v) is 16.3. The van der Waals surface area contributed by atoms with Crippen LogP contribution < -0.4 is 11.1 Å². The van der Waals surface area contributed by atoms with Crippen molar-refractivity contribution in [1.29, 1.82) is 0 Å². The predicted molar refractivity (Wildman–Crippen MR) is 189 cm³/mol. The minimum atomic E-state index is -0.626. The van der Waals surface area contributed by atoms with E-state index < -0.39 is 11.9 Å². The molecule has 5 aliphatic rings. The minimum absolute atomic E-state index is 0.0534. The van der Waals surface area contributed by atoms with Gasteiger partial charge in [0.25, 0.3) is 0 Å². The number of carbonyl (C=O) groups is 1. The maximum Gasteiger partial charge on any atom is 0.307 e. The number of nitrogen functional groups attached to an aromatic ring is 1. The number of rotatable bonds is 9. The second-order valence-corrected chi connectivity index (χ2v) is 18.8. The van der Waals surface area contributed by atoms with Crippen molar-refractivity contribution < 1.29 is 19.4 Å². The third-order valence-electron chi connectivity index (χ3n) is 16.3. The van der Waals surface area contributed by atoms with Crippen LogP contribution >= 0.6 is 0 Å². The van der Waals surface area contributed by atoms with Crippen LogP contribution in [0.4, 0.5) is 5.95 Å². The third kappa shape index (κ3) is 4.82. The summed E-state index contributed by atoms with van der Waals surface area (Å²) in [6.45, 7) is 24.9. The Morgan fingerprint density at radius 3 is 2.44 bits per heavy atom. The van der Waals surface area contributed by atoms with Crippen LogP contribution in [0, 0.1) is 62.6 Å². The van der Waals surface area contributed by atoms with Crippen molar-refractivity contribution in [2.75, 3.05) is 32.6 Å². The van der Waals surface area contributed by atoms with Gasteiger partial charge in [-0.15, -0.1) is 5.10 Å². The van der Waals surface area contributed by atoms with Gasteiger partial charge >= 0.3 is 5.97 Å². The van der Waals surface area contributed by atoms with E-state index in [0.29, 0.717) is 43.5 Å². The Labute approximate surface area is 289 Å². The SMILES string of the molecule is CN[C@](C)(CO[C@H]1[C@H](n2cnc(N)n2)C[C@]2(C)COC[C@@]13C1=CC[C@@]4(C)[C@H](C(=O)O)[C@@](C)([C@H](C)C(C)C)CC[C@]4(C)[C@H]1CC[C@H]23)C(C)C. The number of nitrogens with two attached hydrogens (primary N) is 1. The fraction of sp³-hybridized carbons (Fsp3) is 0.872. The molecule has 0 amide bonds. The van der Waals surface area contributed by atoms with Crippen LogP contribution in [0.25, 0.3) is 0 Å². The minimum Gasteiger partial charge on any atom is -0.481 e. The van der Waals surface area contributed by atoms with Crippen molar-refractivity contribution in [2.24, 2.45) is 62.6 Å². The molecule has 4 N–H and O–H groups in total. The maximum atomic E-state index is 13.5. The number of nitrogens with one attached hydrogen (secondary N) is 1. The normalized spacial score (nSPS) is 44.3. The van der Waals surface area contributed by atoms with Crippen LogP contribution in [0.2, 0.25) is 0 Å². The molecule has 9 heteroatoms. The first kappa shape index (κ1) is 35.8. The fourth-order valence-electron chi connectivity index (χ4n) is 12.3. The van der Waals surface area contributed by atoms with E-state index in [1.165, 1.54) is 5.57 Å². The van der Waals surface area contributed by atoms with Gasteiger partial charge in [0.1, 0.15) is 6.33 Å². The number of hydrogen-bond acceptors (Lipinski definition) is 7. The second-order valence-electron chi connectivity index (χ2n) is 18.8. The second kappa shape index (κ2) is 11.8. The fourth-order valence-corrected chi connectivity index (χ4v) is 12.3. The zero-order valence-corrected chi connectivity index (χ0v) is 31.7. The summed E-state index contributed by atoms with van der Waals surface area (Å²) in [4.78, 5) is 17.9. The number of allylic oxidation sites excluding steroid dienone is 1. The summed E-state index contributed by atoms with van der Waals surface area (Å²) < 4.78 is 16.1. The van der Waals surface area contributed by atoms with E-state index >= 15 is 0 Å². The van der Waals surface area contributed by atoms with Gasteiger partial charge in [0.05, 0.1) is 37.9 Å². The molecule has 9 nitrogen and oxygen atoms in total. The van der Waals surface area contributed by atoms with Crippen molar-refractivity contribution in [1.82, 2.24) is 20.1 Å². The van der Waals surface area contributed by atoms with E-state index in [0.717, 1.165) is 38.5 Å². The molecule has 12 atom stereocenters. The van der Waals surface area contributed by atoms with Crippen molar-refractivity contribution in [2.45, 2.75) is 125 Å². The van der Waals surface area contributed by atoms with E-state index in [-0.39, 0.29) is 56.6 Å². The average Bonchev–Trinajstić information content (AvgIpc) is 3.45. The molecule has 4 fully saturated rings. The molecule has 3 saturated carbocycles. The molecule has 48 heavy (non-hydrogen) atoms. The lowest BCUT2D eigenvalue weighted by atomic mass is 9.34. The number of likely N-dealkylation sites (N-methyl/N-ethyl adjacent to an activating group) is 1. The first-order chi connectivity index (χ1) is 22.3. The lowest BCUT2D eigenvalue weighted by molar-refractivity contribution is -0.255. The van der Waals surface area contributed by atoms with Gasteiger partial charge in [-0.1, -0.05) is 74.0 Å². The molecule has 1 aromatic rings. The summed E-state index contributed by atoms with van der Waals surface area (Å²) in [7, 11) is 2.03. The highest BCUT2D eigenvalue weighted by molar-refractivity contribution is 5.73. The van der Waals surface area contributed by atoms with Crippen LogP contribution in [-0.2, 0) is 14.3 Å². The smallest absolute Gasteiger partial charge is 0.307 e. The van der Waals surface area contributed by atoms with E-state index in [1.54, 1.807) is 6.33 Å². The number of anilines is 1. The zero-order chi connectivity index (χ0) is 35.2. The van der Waals surface area contributed by atoms with Gasteiger partial charge in [-0.25, -0.2) is 9.67 Å². The van der Waals surface area contributed by atoms with Gasteiger partial charge in [0.15, 0.2) is 0 Å². The zero-order valence-electron chi connectivity index (χ0n) is 31.7. The molecule has 270 valence electrons. The van der Waals surface area contributed by atoms with Crippen molar-refractivity contribution in [3.63, 3.8) is 0 Å². The van der Waals surface area contributed by atoms with E-state index in [9.17, 15) is 9.90 Å². The van der Waals surface area contributed by atoms with E-state index in [1.807, 2.05) is 11.7 Å². The molecule has 1 aliphatic heterocycles. The highest BCUT2D eigenvalue weighted by atomic mass is 16.5. The summed E-state index contributed by atoms with van der Waals surface area (Å²) in [5.41, 5.74) is 6.15. The molecule has 0 radical (unpaired) electrons. The van der Waals surface area contributed by atoms with Crippen LogP contribution in [-0.4, -0.2) is 64.4 Å². The number of hydrogen-bond donors (Lipinski definition) is 3. The largest absolute Gasteiger partial charge is 0.481 e. The predicted octanol–water partition coefficient (Wildman–Crippen LogP) is 7.01. The summed E-state index contributed by atoms with van der Waals surface area (Å²) >= 11 is 0. The number of aliphatic carboxylic acids is 1. The molecular formula is C39H65N5O4. The van der Waals surface area contributed by atoms with Gasteiger partial charge in [0, 0.05) is 11.0 Å². The van der Waals surface area contributed by atoms with Crippen molar-refractivity contribution in [3.8, 4) is 0 Å². The van der Waals surface area contributed by atoms with Gasteiger partial charge in [0.2, 0.25) is 5.95 Å². The Kier molecular flexibility index (Phi) is 8.81. The molecular weight excluding hydrogens is 602 g/mol. The topological polar surface area (TPSA) is 125 Å². The Hall–Kier alpha value is -1.97. The summed E-state index contributed by atoms with van der Waals surface area (Å²) in [6, 6.07) is -0.0534. The number of ether oxygens (including phenoxy) is 2. The molecule has 4 aliphatic carbocycles. The Morgan fingerprint density at radius 2 is 1.85 bits per heavy atom. The van der Waals surface area contributed by atoms with Gasteiger partial charge in [-0.05, 0) is 104 Å². The molecule has 0 aromatic carbocycles. The molecule has 0 unspecified atom stereocenters. The molecule has 2 bridgehead atoms. The number of carboxylic acids is 1. The highest BCUT2D eigenvalue weighted by Crippen LogP contribution is 2.75. The van der Waals surface area contributed by atoms with Gasteiger partial charge in [-0.3, -0.25) is 4.79 Å². The van der Waals surface area contributed by atoms with E-state index in [2.05, 4.69) is 85.6 Å². The summed E-state index contributed by atoms with van der Waals surface area (Å²) in [6.07, 6.45) is 9.85. The Morgan fingerprint density at radius 1 is 1.15 bits per heavy atom. The quantitative estimate of drug-likeness (QED) is 0.240. The first-order valence-electron chi connectivity index (χ1n) is 18.8. The van der Waals surface area contributed by atoms with Crippen LogP contribution in [0.1, 0.15) is 114 Å². The maximum absolute atomic E-state index is 13.5. The summed E-state index contributed by atoms with van der Waals surface area (Å²) in [5.74, 6) is 0.964. The lowest BCUT2D eigenvalue weighted by Crippen LogP contribution is -2.70. The Bertz CT molecular complexity index is 1430. The monoisotopic (exact) mass is 668 g/mol.